The molecule has 0 N–H and O–H groups in total. The van der Waals surface area contributed by atoms with Crippen LogP contribution in [0.25, 0.3) is 0 Å². The lowest BCUT2D eigenvalue weighted by atomic mass is 9.85. The van der Waals surface area contributed by atoms with Crippen molar-refractivity contribution < 1.29 is 61.7 Å². The van der Waals surface area contributed by atoms with Crippen molar-refractivity contribution in [3.63, 3.8) is 0 Å². The van der Waals surface area contributed by atoms with Crippen LogP contribution in [-0.4, -0.2) is 71.6 Å². The fourth-order valence-electron chi connectivity index (χ4n) is 7.78. The van der Waals surface area contributed by atoms with E-state index in [2.05, 4.69) is 58.5 Å². The second-order valence-corrected chi connectivity index (χ2v) is 14.3. The fourth-order valence-corrected chi connectivity index (χ4v) is 7.78. The first-order chi connectivity index (χ1) is 22.5. The third-order valence-corrected chi connectivity index (χ3v) is 10.7. The number of rotatable bonds is 3. The minimum absolute atomic E-state index is 0. The predicted molar refractivity (Wildman–Crippen MR) is 195 cm³/mol. The number of nitrogens with zero attached hydrogens (tertiary/aromatic N) is 2. The van der Waals surface area contributed by atoms with Gasteiger partial charge in [0.2, 0.25) is 5.75 Å². The van der Waals surface area contributed by atoms with Gasteiger partial charge in [-0.1, -0.05) is 30.0 Å². The minimum atomic E-state index is -0.125. The van der Waals surface area contributed by atoms with Crippen LogP contribution in [0.15, 0.2) is 60.7 Å². The van der Waals surface area contributed by atoms with E-state index in [1.165, 1.54) is 16.7 Å². The van der Waals surface area contributed by atoms with E-state index in [-0.39, 0.29) is 65.8 Å². The highest BCUT2D eigenvalue weighted by molar-refractivity contribution is 14.0. The second-order valence-electron chi connectivity index (χ2n) is 14.3. The fraction of sp³-hybridized carbons (Fsp3) is 0.385. The first-order valence-electron chi connectivity index (χ1n) is 16.4. The highest BCUT2D eigenvalue weighted by Gasteiger charge is 2.42. The molecule has 8 rings (SSSR count). The monoisotopic (exact) mass is 892 g/mol. The van der Waals surface area contributed by atoms with E-state index in [1.54, 1.807) is 27.4 Å². The van der Waals surface area contributed by atoms with E-state index in [0.29, 0.717) is 40.2 Å². The lowest BCUT2D eigenvalue weighted by Gasteiger charge is -2.44. The van der Waals surface area contributed by atoms with Crippen LogP contribution in [0.1, 0.15) is 45.5 Å². The molecule has 0 fully saturated rings. The third kappa shape index (κ3) is 6.90. The molecule has 0 amide bonds. The quantitative estimate of drug-likeness (QED) is 0.228. The third-order valence-electron chi connectivity index (χ3n) is 10.7. The van der Waals surface area contributed by atoms with Gasteiger partial charge in [-0.3, -0.25) is 0 Å². The number of benzene rings is 4. The van der Waals surface area contributed by atoms with Gasteiger partial charge in [0.1, 0.15) is 23.6 Å². The molecular weight excluding hydrogens is 846 g/mol. The lowest BCUT2D eigenvalue weighted by molar-refractivity contribution is -0.923. The molecule has 49 heavy (non-hydrogen) atoms. The van der Waals surface area contributed by atoms with Crippen molar-refractivity contribution in [3.8, 4) is 46.0 Å². The molecule has 6 bridgehead atoms. The van der Waals surface area contributed by atoms with Crippen LogP contribution < -0.4 is 52.8 Å². The Kier molecular flexibility index (Phi) is 10.9. The maximum atomic E-state index is 13.0. The Morgan fingerprint density at radius 1 is 0.673 bits per heavy atom. The zero-order valence-electron chi connectivity index (χ0n) is 29.3. The minimum Gasteiger partial charge on any atom is -1.00 e. The van der Waals surface area contributed by atoms with Gasteiger partial charge in [0, 0.05) is 31.2 Å². The molecule has 0 aromatic heterocycles. The lowest BCUT2D eigenvalue weighted by Crippen LogP contribution is -3.00. The molecule has 4 aromatic rings. The summed E-state index contributed by atoms with van der Waals surface area (Å²) in [5.41, 5.74) is 6.99. The van der Waals surface area contributed by atoms with E-state index < -0.39 is 0 Å². The summed E-state index contributed by atoms with van der Waals surface area (Å²) in [6.45, 7) is 1.94. The Bertz CT molecular complexity index is 1840. The molecule has 0 unspecified atom stereocenters. The van der Waals surface area contributed by atoms with Crippen molar-refractivity contribution in [1.29, 1.82) is 0 Å². The first-order valence-corrected chi connectivity index (χ1v) is 16.4. The van der Waals surface area contributed by atoms with E-state index in [4.69, 9.17) is 23.7 Å². The first kappa shape index (κ1) is 37.3. The van der Waals surface area contributed by atoms with Crippen molar-refractivity contribution in [2.24, 2.45) is 0 Å². The van der Waals surface area contributed by atoms with Gasteiger partial charge in [0.25, 0.3) is 0 Å². The molecule has 10 heteroatoms. The molecule has 0 saturated heterocycles. The molecule has 0 radical (unpaired) electrons. The van der Waals surface area contributed by atoms with Crippen LogP contribution in [0, 0.1) is 0 Å². The van der Waals surface area contributed by atoms with Gasteiger partial charge in [-0.2, -0.15) is 0 Å². The number of quaternary nitrogens is 2. The Morgan fingerprint density at radius 3 is 1.96 bits per heavy atom. The van der Waals surface area contributed by atoms with E-state index >= 15 is 0 Å². The average Bonchev–Trinajstić information content (AvgIpc) is 3.05. The van der Waals surface area contributed by atoms with Gasteiger partial charge in [0.05, 0.1) is 68.2 Å². The molecular formula is C39H46I2N2O6. The molecule has 262 valence electrons. The zero-order chi connectivity index (χ0) is 33.1. The molecule has 0 aliphatic carbocycles. The summed E-state index contributed by atoms with van der Waals surface area (Å²) in [6, 6.07) is 20.2. The van der Waals surface area contributed by atoms with Gasteiger partial charge < -0.3 is 61.7 Å². The summed E-state index contributed by atoms with van der Waals surface area (Å²) < 4.78 is 32.9. The number of ether oxygens (including phenoxy) is 5. The topological polar surface area (TPSA) is 69.2 Å². The maximum absolute atomic E-state index is 13.0. The molecule has 4 aromatic carbocycles. The largest absolute Gasteiger partial charge is 1.00 e. The van der Waals surface area contributed by atoms with E-state index in [9.17, 15) is 5.11 Å². The number of halogens is 2. The molecule has 0 spiro atoms. The number of hydrogen-bond acceptors (Lipinski definition) is 6. The number of methoxy groups -OCH3 is 3. The summed E-state index contributed by atoms with van der Waals surface area (Å²) in [5.74, 6) is 4.11. The molecule has 4 heterocycles. The molecule has 8 nitrogen and oxygen atoms in total. The Morgan fingerprint density at radius 2 is 1.29 bits per heavy atom. The van der Waals surface area contributed by atoms with Crippen molar-refractivity contribution >= 4 is 24.0 Å². The highest BCUT2D eigenvalue weighted by atomic mass is 127. The average molecular weight is 893 g/mol. The van der Waals surface area contributed by atoms with E-state index in [1.807, 2.05) is 24.3 Å². The van der Waals surface area contributed by atoms with Gasteiger partial charge >= 0.3 is 0 Å². The van der Waals surface area contributed by atoms with Crippen molar-refractivity contribution in [1.82, 2.24) is 0 Å². The number of hydrogen-bond donors (Lipinski definition) is 0. The second kappa shape index (κ2) is 14.4. The summed E-state index contributed by atoms with van der Waals surface area (Å²) >= 11 is 0. The van der Waals surface area contributed by atoms with Gasteiger partial charge in [-0.05, 0) is 58.7 Å². The number of likely N-dealkylation sites (N-methyl/N-ethyl adjacent to an activating group) is 2. The van der Waals surface area contributed by atoms with Crippen LogP contribution in [0.4, 0.5) is 0 Å². The molecule has 4 aliphatic rings. The maximum Gasteiger partial charge on any atom is 0.204 e. The molecule has 4 aliphatic heterocycles. The summed E-state index contributed by atoms with van der Waals surface area (Å²) in [6.07, 6.45) is 3.30. The van der Waals surface area contributed by atoms with Crippen molar-refractivity contribution in [2.45, 2.75) is 37.8 Å². The van der Waals surface area contributed by atoms with Gasteiger partial charge in [-0.15, -0.1) is 24.0 Å². The summed E-state index contributed by atoms with van der Waals surface area (Å²) in [5, 5.41) is 13.0. The van der Waals surface area contributed by atoms with Crippen molar-refractivity contribution in [2.75, 3.05) is 62.6 Å². The van der Waals surface area contributed by atoms with Gasteiger partial charge in [0.15, 0.2) is 23.0 Å². The van der Waals surface area contributed by atoms with Crippen molar-refractivity contribution in [3.05, 3.63) is 94.0 Å². The highest BCUT2D eigenvalue weighted by Crippen LogP contribution is 2.53. The van der Waals surface area contributed by atoms with Crippen LogP contribution in [0.3, 0.4) is 0 Å². The number of fused-ring (bicyclic) bond motifs is 2. The van der Waals surface area contributed by atoms with Crippen LogP contribution >= 0.6 is 24.0 Å². The summed E-state index contributed by atoms with van der Waals surface area (Å²) in [4.78, 5) is 0. The van der Waals surface area contributed by atoms with Crippen LogP contribution in [0.2, 0.25) is 0 Å². The Labute approximate surface area is 324 Å². The smallest absolute Gasteiger partial charge is 0.204 e. The van der Waals surface area contributed by atoms with E-state index in [0.717, 1.165) is 64.4 Å². The van der Waals surface area contributed by atoms with Crippen LogP contribution in [0.5, 0.6) is 46.0 Å². The van der Waals surface area contributed by atoms with Gasteiger partial charge in [-0.25, -0.2) is 0 Å². The molecule has 2 atom stereocenters. The SMILES string of the molecule is COc1cc2c3cc1Oc1c(OC)c(OC)cc4c1[C@H](Cc1ccc(cc1)Oc1cc(ccc1[O-])C[C@@H]3[N+](C)(C)CC2)[N+](C)(C)CC4.I.[I-]. The predicted octanol–water partition coefficient (Wildman–Crippen LogP) is 4.14. The Balaban J connectivity index is 0.00000234. The van der Waals surface area contributed by atoms with Crippen LogP contribution in [-0.2, 0) is 25.7 Å². The molecule has 0 saturated carbocycles. The summed E-state index contributed by atoms with van der Waals surface area (Å²) in [7, 11) is 14.2. The zero-order valence-corrected chi connectivity index (χ0v) is 33.8. The Hall–Kier alpha value is -2.94. The normalized spacial score (nSPS) is 19.7. The standard InChI is InChI=1S/C39H45N2O6.2HI/c1-40(2)16-14-26-21-34(43-5)35-23-29(26)30(40)19-25-10-13-32(42)33(20-25)46-28-11-8-24(9-12-28)18-31-37-27(15-17-41(31,3)4)22-36(44-6)38(45-7)39(37)47-35;;/h8-13,20-23,30-31H,14-19H2,1-7H3;2*1H/q+1;;/p-1/t30-,31-;;/m0../s1.